The number of rotatable bonds is 1. The molecule has 0 spiro atoms. The number of phenols is 1. The van der Waals surface area contributed by atoms with Crippen molar-refractivity contribution >= 4 is 5.57 Å². The predicted molar refractivity (Wildman–Crippen MR) is 104 cm³/mol. The molecule has 0 bridgehead atoms. The van der Waals surface area contributed by atoms with E-state index >= 15 is 0 Å². The van der Waals surface area contributed by atoms with E-state index in [4.69, 9.17) is 0 Å². The topological polar surface area (TPSA) is 40.5 Å². The molecule has 0 heterocycles. The summed E-state index contributed by atoms with van der Waals surface area (Å²) in [6, 6.07) is 16.4. The second kappa shape index (κ2) is 5.72. The maximum atomic E-state index is 10.6. The van der Waals surface area contributed by atoms with Crippen LogP contribution in [0.4, 0.5) is 0 Å². The standard InChI is InChI=1S/C24H26O2/c1-24-12-11-18-17-8-7-16(25)13-20(17)19(15-5-3-2-4-6-15)14-21(18)22(24)9-10-23(24)26/h2-8,13-14,18,21-23,25-26H,9-12H2,1H3/t18-,21-,22+,23+,24+/m1/s1. The maximum Gasteiger partial charge on any atom is 0.116 e. The van der Waals surface area contributed by atoms with Gasteiger partial charge in [0.2, 0.25) is 0 Å². The summed E-state index contributed by atoms with van der Waals surface area (Å²) < 4.78 is 0. The predicted octanol–water partition coefficient (Wildman–Crippen LogP) is 5.11. The van der Waals surface area contributed by atoms with E-state index < -0.39 is 0 Å². The van der Waals surface area contributed by atoms with E-state index in [0.717, 1.165) is 25.7 Å². The van der Waals surface area contributed by atoms with E-state index in [-0.39, 0.29) is 11.5 Å². The molecule has 0 amide bonds. The van der Waals surface area contributed by atoms with Gasteiger partial charge in [-0.05, 0) is 83.2 Å². The van der Waals surface area contributed by atoms with Crippen molar-refractivity contribution < 1.29 is 10.2 Å². The highest BCUT2D eigenvalue weighted by Crippen LogP contribution is 2.61. The second-order valence-corrected chi connectivity index (χ2v) is 8.65. The molecule has 2 nitrogen and oxygen atoms in total. The van der Waals surface area contributed by atoms with Crippen molar-refractivity contribution in [1.29, 1.82) is 0 Å². The highest BCUT2D eigenvalue weighted by molar-refractivity contribution is 5.84. The molecule has 5 rings (SSSR count). The van der Waals surface area contributed by atoms with E-state index in [0.29, 0.717) is 23.5 Å². The average Bonchev–Trinajstić information content (AvgIpc) is 2.96. The van der Waals surface area contributed by atoms with E-state index in [1.807, 2.05) is 18.2 Å². The minimum Gasteiger partial charge on any atom is -0.508 e. The molecule has 2 aromatic rings. The highest BCUT2D eigenvalue weighted by atomic mass is 16.3. The van der Waals surface area contributed by atoms with Crippen molar-refractivity contribution in [2.45, 2.75) is 44.6 Å². The van der Waals surface area contributed by atoms with Gasteiger partial charge in [-0.1, -0.05) is 49.4 Å². The molecule has 0 aromatic heterocycles. The third kappa shape index (κ3) is 2.21. The van der Waals surface area contributed by atoms with Gasteiger partial charge in [-0.15, -0.1) is 0 Å². The summed E-state index contributed by atoms with van der Waals surface area (Å²) >= 11 is 0. The van der Waals surface area contributed by atoms with Crippen LogP contribution in [0.15, 0.2) is 54.6 Å². The van der Waals surface area contributed by atoms with Crippen LogP contribution in [0.2, 0.25) is 0 Å². The van der Waals surface area contributed by atoms with E-state index in [1.165, 1.54) is 22.3 Å². The molecule has 134 valence electrons. The maximum absolute atomic E-state index is 10.6. The molecule has 2 aromatic carbocycles. The molecule has 26 heavy (non-hydrogen) atoms. The van der Waals surface area contributed by atoms with Gasteiger partial charge >= 0.3 is 0 Å². The van der Waals surface area contributed by atoms with Gasteiger partial charge in [0.25, 0.3) is 0 Å². The van der Waals surface area contributed by atoms with Gasteiger partial charge < -0.3 is 10.2 Å². The van der Waals surface area contributed by atoms with E-state index in [1.54, 1.807) is 0 Å². The van der Waals surface area contributed by atoms with Crippen LogP contribution in [-0.4, -0.2) is 16.3 Å². The number of benzene rings is 2. The molecule has 2 N–H and O–H groups in total. The smallest absolute Gasteiger partial charge is 0.116 e. The van der Waals surface area contributed by atoms with Crippen molar-refractivity contribution in [3.8, 4) is 5.75 Å². The third-order valence-corrected chi connectivity index (χ3v) is 7.45. The van der Waals surface area contributed by atoms with Crippen LogP contribution in [0.25, 0.3) is 5.57 Å². The average molecular weight is 346 g/mol. The Hall–Kier alpha value is -2.06. The summed E-state index contributed by atoms with van der Waals surface area (Å²) in [7, 11) is 0. The Kier molecular flexibility index (Phi) is 3.55. The van der Waals surface area contributed by atoms with Gasteiger partial charge in [-0.3, -0.25) is 0 Å². The zero-order chi connectivity index (χ0) is 17.9. The summed E-state index contributed by atoms with van der Waals surface area (Å²) in [5.41, 5.74) is 5.05. The van der Waals surface area contributed by atoms with Crippen molar-refractivity contribution in [2.75, 3.05) is 0 Å². The fraction of sp³-hybridized carbons (Fsp3) is 0.417. The summed E-state index contributed by atoms with van der Waals surface area (Å²) in [4.78, 5) is 0. The third-order valence-electron chi connectivity index (χ3n) is 7.45. The summed E-state index contributed by atoms with van der Waals surface area (Å²) in [5.74, 6) is 1.84. The number of fused-ring (bicyclic) bond motifs is 5. The minimum atomic E-state index is -0.164. The first-order valence-electron chi connectivity index (χ1n) is 9.86. The second-order valence-electron chi connectivity index (χ2n) is 8.65. The van der Waals surface area contributed by atoms with Crippen molar-refractivity contribution in [1.82, 2.24) is 0 Å². The van der Waals surface area contributed by atoms with Crippen LogP contribution in [0.1, 0.15) is 55.2 Å². The molecular weight excluding hydrogens is 320 g/mol. The zero-order valence-electron chi connectivity index (χ0n) is 15.2. The van der Waals surface area contributed by atoms with E-state index in [9.17, 15) is 10.2 Å². The fourth-order valence-corrected chi connectivity index (χ4v) is 6.02. The Bertz CT molecular complexity index is 869. The molecule has 5 atom stereocenters. The van der Waals surface area contributed by atoms with Gasteiger partial charge in [-0.2, -0.15) is 0 Å². The lowest BCUT2D eigenvalue weighted by Crippen LogP contribution is -2.42. The van der Waals surface area contributed by atoms with Crippen LogP contribution in [0.5, 0.6) is 5.75 Å². The van der Waals surface area contributed by atoms with Crippen LogP contribution >= 0.6 is 0 Å². The Morgan fingerprint density at radius 2 is 1.81 bits per heavy atom. The highest BCUT2D eigenvalue weighted by Gasteiger charge is 2.54. The van der Waals surface area contributed by atoms with Crippen LogP contribution in [0, 0.1) is 17.3 Å². The largest absolute Gasteiger partial charge is 0.508 e. The van der Waals surface area contributed by atoms with Crippen LogP contribution in [0.3, 0.4) is 0 Å². The van der Waals surface area contributed by atoms with Crippen molar-refractivity contribution in [3.63, 3.8) is 0 Å². The Labute approximate surface area is 155 Å². The number of phenolic OH excluding ortho intramolecular Hbond substituents is 1. The SMILES string of the molecule is C[C@]12CC[C@@H]3c4ccc(O)cc4C(c4ccccc4)=C[C@H]3[C@@H]1CC[C@@H]2O. The van der Waals surface area contributed by atoms with Gasteiger partial charge in [0.1, 0.15) is 5.75 Å². The normalized spacial score (nSPS) is 35.2. The van der Waals surface area contributed by atoms with Gasteiger partial charge in [-0.25, -0.2) is 0 Å². The molecule has 0 saturated heterocycles. The number of allylic oxidation sites excluding steroid dienone is 1. The van der Waals surface area contributed by atoms with Crippen molar-refractivity contribution in [3.05, 3.63) is 71.3 Å². The van der Waals surface area contributed by atoms with E-state index in [2.05, 4.69) is 43.3 Å². The first-order valence-corrected chi connectivity index (χ1v) is 9.86. The lowest BCUT2D eigenvalue weighted by Gasteiger charge is -2.49. The molecule has 2 saturated carbocycles. The molecule has 0 unspecified atom stereocenters. The quantitative estimate of drug-likeness (QED) is 0.753. The number of aliphatic hydroxyl groups is 1. The van der Waals surface area contributed by atoms with Crippen LogP contribution in [-0.2, 0) is 0 Å². The van der Waals surface area contributed by atoms with Gasteiger partial charge in [0.15, 0.2) is 0 Å². The number of hydrogen-bond donors (Lipinski definition) is 2. The molecule has 3 aliphatic carbocycles. The molecule has 3 aliphatic rings. The summed E-state index contributed by atoms with van der Waals surface area (Å²) in [6.07, 6.45) is 6.55. The molecular formula is C24H26O2. The molecule has 2 heteroatoms. The molecule has 0 radical (unpaired) electrons. The van der Waals surface area contributed by atoms with Gasteiger partial charge in [0, 0.05) is 0 Å². The number of aromatic hydroxyl groups is 1. The number of hydrogen-bond acceptors (Lipinski definition) is 2. The Balaban J connectivity index is 1.68. The molecule has 0 aliphatic heterocycles. The first-order chi connectivity index (χ1) is 12.6. The molecule has 2 fully saturated rings. The lowest BCUT2D eigenvalue weighted by molar-refractivity contribution is -0.00806. The summed E-state index contributed by atoms with van der Waals surface area (Å²) in [5, 5.41) is 20.7. The number of aliphatic hydroxyl groups excluding tert-OH is 1. The first kappa shape index (κ1) is 16.1. The van der Waals surface area contributed by atoms with Gasteiger partial charge in [0.05, 0.1) is 6.10 Å². The Morgan fingerprint density at radius 1 is 1.00 bits per heavy atom. The minimum absolute atomic E-state index is 0.0495. The van der Waals surface area contributed by atoms with Crippen molar-refractivity contribution in [2.24, 2.45) is 17.3 Å². The van der Waals surface area contributed by atoms with Crippen LogP contribution < -0.4 is 0 Å². The monoisotopic (exact) mass is 346 g/mol. The summed E-state index contributed by atoms with van der Waals surface area (Å²) in [6.45, 7) is 2.30. The Morgan fingerprint density at radius 3 is 2.62 bits per heavy atom. The fourth-order valence-electron chi connectivity index (χ4n) is 6.02. The lowest BCUT2D eigenvalue weighted by atomic mass is 9.56. The zero-order valence-corrected chi connectivity index (χ0v) is 15.2.